The Labute approximate surface area is 358 Å². The Morgan fingerprint density at radius 3 is 2.31 bits per heavy atom. The maximum absolute atomic E-state index is 16.9. The van der Waals surface area contributed by atoms with E-state index in [2.05, 4.69) is 27.1 Å². The molecular formula is C43H64FN7O10. The number of cyclic esters (lactones) is 1. The summed E-state index contributed by atoms with van der Waals surface area (Å²) >= 11 is 0. The van der Waals surface area contributed by atoms with Gasteiger partial charge in [-0.1, -0.05) is 57.7 Å². The number of anilines is 1. The number of Topliss-reactive ketones (excluding diaryl/α,β-unsaturated/α-hetero) is 2. The number of likely N-dealkylation sites (N-methyl/N-ethyl adjacent to an activating group) is 1. The molecule has 2 aromatic rings. The summed E-state index contributed by atoms with van der Waals surface area (Å²) in [6, 6.07) is 3.65. The lowest BCUT2D eigenvalue weighted by Gasteiger charge is -2.45. The lowest BCUT2D eigenvalue weighted by Crippen LogP contribution is -2.61. The number of aromatic nitrogens is 4. The van der Waals surface area contributed by atoms with Crippen LogP contribution in [0, 0.1) is 29.6 Å². The lowest BCUT2D eigenvalue weighted by atomic mass is 9.73. The van der Waals surface area contributed by atoms with Crippen molar-refractivity contribution in [3.8, 4) is 23.2 Å². The van der Waals surface area contributed by atoms with Crippen LogP contribution < -0.4 is 5.73 Å². The van der Waals surface area contributed by atoms with Gasteiger partial charge in [0.05, 0.1) is 36.2 Å². The lowest BCUT2D eigenvalue weighted by molar-refractivity contribution is -0.266. The van der Waals surface area contributed by atoms with Gasteiger partial charge in [-0.25, -0.2) is 23.6 Å². The van der Waals surface area contributed by atoms with Gasteiger partial charge in [0, 0.05) is 37.5 Å². The molecule has 2 unspecified atom stereocenters. The number of hydrogen-bond acceptors (Lipinski definition) is 15. The van der Waals surface area contributed by atoms with Crippen LogP contribution in [-0.4, -0.2) is 146 Å². The predicted octanol–water partition coefficient (Wildman–Crippen LogP) is 3.86. The number of carbonyl (C=O) groups is 4. The number of halogens is 1. The van der Waals surface area contributed by atoms with Crippen LogP contribution in [0.1, 0.15) is 81.6 Å². The summed E-state index contributed by atoms with van der Waals surface area (Å²) in [5.41, 5.74) is 0.418. The average molecular weight is 858 g/mol. The number of methoxy groups -OCH3 is 1. The molecule has 338 valence electrons. The molecule has 1 amide bonds. The van der Waals surface area contributed by atoms with E-state index in [0.717, 1.165) is 6.92 Å². The number of rotatable bonds is 13. The zero-order chi connectivity index (χ0) is 45.6. The Hall–Kier alpha value is -4.54. The van der Waals surface area contributed by atoms with Crippen LogP contribution in [0.5, 0.6) is 0 Å². The number of aliphatic hydroxyl groups excluding tert-OH is 1. The smallest absolute Gasteiger partial charge is 0.411 e. The average Bonchev–Trinajstić information content (AvgIpc) is 3.79. The van der Waals surface area contributed by atoms with Crippen LogP contribution in [-0.2, 0) is 44.6 Å². The second kappa shape index (κ2) is 20.1. The minimum absolute atomic E-state index is 0.0320. The van der Waals surface area contributed by atoms with E-state index in [9.17, 15) is 24.3 Å². The van der Waals surface area contributed by atoms with E-state index in [4.69, 9.17) is 29.4 Å². The highest BCUT2D eigenvalue weighted by molar-refractivity contribution is 6.08. The number of carbonyl (C=O) groups excluding carboxylic acids is 4. The zero-order valence-electron chi connectivity index (χ0n) is 37.5. The summed E-state index contributed by atoms with van der Waals surface area (Å²) in [7, 11) is 4.97. The van der Waals surface area contributed by atoms with E-state index in [1.807, 2.05) is 11.8 Å². The van der Waals surface area contributed by atoms with Gasteiger partial charge in [0.2, 0.25) is 0 Å². The number of fused-ring (bicyclic) bond motifs is 1. The van der Waals surface area contributed by atoms with E-state index >= 15 is 4.39 Å². The van der Waals surface area contributed by atoms with Gasteiger partial charge < -0.3 is 39.4 Å². The van der Waals surface area contributed by atoms with Gasteiger partial charge in [0.1, 0.15) is 36.0 Å². The van der Waals surface area contributed by atoms with Crippen molar-refractivity contribution in [2.24, 2.45) is 17.8 Å². The maximum atomic E-state index is 16.9. The molecule has 2 aliphatic rings. The highest BCUT2D eigenvalue weighted by Gasteiger charge is 2.61. The van der Waals surface area contributed by atoms with E-state index < -0.39 is 89.2 Å². The quantitative estimate of drug-likeness (QED) is 0.127. The Morgan fingerprint density at radius 1 is 1.05 bits per heavy atom. The van der Waals surface area contributed by atoms with E-state index in [1.54, 1.807) is 73.1 Å². The highest BCUT2D eigenvalue weighted by Crippen LogP contribution is 2.43. The number of pyridine rings is 1. The van der Waals surface area contributed by atoms with Crippen molar-refractivity contribution in [1.82, 2.24) is 29.8 Å². The second-order valence-electron chi connectivity index (χ2n) is 16.8. The topological polar surface area (TPSA) is 211 Å². The molecule has 3 N–H and O–H groups in total. The van der Waals surface area contributed by atoms with Gasteiger partial charge in [-0.2, -0.15) is 0 Å². The van der Waals surface area contributed by atoms with E-state index in [1.165, 1.54) is 30.5 Å². The first-order valence-electron chi connectivity index (χ1n) is 20.8. The fourth-order valence-electron chi connectivity index (χ4n) is 8.83. The van der Waals surface area contributed by atoms with Crippen LogP contribution in [0.3, 0.4) is 0 Å². The summed E-state index contributed by atoms with van der Waals surface area (Å²) in [5, 5.41) is 19.8. The van der Waals surface area contributed by atoms with Crippen LogP contribution in [0.2, 0.25) is 0 Å². The molecule has 0 aromatic carbocycles. The SMILES string of the molecule is CCO[C@@H](O[C@@H]1[C@@H](C)C(=O)[C@](C)(F)C(=O)O[C@H](CC)[C@@]2(C)OC(=O)N(CC#CCn3cc(-c4cccc(N)n4)nn3)[C@@H]2[C@@H](C)C(=O)[C@H](C)C[C@@]1(C)OC)C(O)C(CC)N(C)C. The summed E-state index contributed by atoms with van der Waals surface area (Å²) in [5.74, 6) is 0.134. The van der Waals surface area contributed by atoms with Crippen molar-refractivity contribution >= 4 is 29.4 Å². The number of hydrogen-bond donors (Lipinski definition) is 2. The Morgan fingerprint density at radius 2 is 1.72 bits per heavy atom. The fourth-order valence-corrected chi connectivity index (χ4v) is 8.83. The summed E-state index contributed by atoms with van der Waals surface area (Å²) in [6.07, 6.45) is -3.88. The monoisotopic (exact) mass is 857 g/mol. The molecule has 12 atom stereocenters. The predicted molar refractivity (Wildman–Crippen MR) is 222 cm³/mol. The highest BCUT2D eigenvalue weighted by atomic mass is 19.1. The third kappa shape index (κ3) is 10.4. The molecule has 2 aliphatic heterocycles. The molecule has 0 spiro atoms. The first-order valence-corrected chi connectivity index (χ1v) is 20.8. The maximum Gasteiger partial charge on any atom is 0.411 e. The molecule has 0 bridgehead atoms. The Kier molecular flexibility index (Phi) is 16.2. The van der Waals surface area contributed by atoms with Crippen molar-refractivity contribution < 1.29 is 52.4 Å². The molecular weight excluding hydrogens is 794 g/mol. The molecule has 17 nitrogen and oxygen atoms in total. The Balaban J connectivity index is 1.75. The molecule has 2 fully saturated rings. The Bertz CT molecular complexity index is 1930. The van der Waals surface area contributed by atoms with Crippen molar-refractivity contribution in [1.29, 1.82) is 0 Å². The van der Waals surface area contributed by atoms with Crippen LogP contribution >= 0.6 is 0 Å². The third-order valence-corrected chi connectivity index (χ3v) is 12.2. The zero-order valence-corrected chi connectivity index (χ0v) is 37.5. The molecule has 0 saturated carbocycles. The van der Waals surface area contributed by atoms with E-state index in [-0.39, 0.29) is 38.3 Å². The van der Waals surface area contributed by atoms with E-state index in [0.29, 0.717) is 23.6 Å². The fraction of sp³-hybridized carbons (Fsp3) is 0.698. The molecule has 4 rings (SSSR count). The number of nitrogens with two attached hydrogens (primary N) is 1. The molecule has 61 heavy (non-hydrogen) atoms. The van der Waals surface area contributed by atoms with Crippen molar-refractivity contribution in [3.63, 3.8) is 0 Å². The number of ether oxygens (including phenoxy) is 5. The summed E-state index contributed by atoms with van der Waals surface area (Å²) in [4.78, 5) is 64.1. The number of amides is 1. The van der Waals surface area contributed by atoms with Crippen molar-refractivity contribution in [2.75, 3.05) is 40.1 Å². The number of nitrogens with zero attached hydrogens (tertiary/aromatic N) is 6. The summed E-state index contributed by atoms with van der Waals surface area (Å²) < 4.78 is 48.7. The van der Waals surface area contributed by atoms with Crippen molar-refractivity contribution in [3.05, 3.63) is 24.4 Å². The largest absolute Gasteiger partial charge is 0.455 e. The van der Waals surface area contributed by atoms with Gasteiger partial charge in [-0.3, -0.25) is 14.5 Å². The number of aliphatic hydroxyl groups is 1. The molecule has 2 saturated heterocycles. The van der Waals surface area contributed by atoms with Crippen LogP contribution in [0.15, 0.2) is 24.4 Å². The first kappa shape index (κ1) is 49.1. The molecule has 2 aromatic heterocycles. The number of ketones is 2. The van der Waals surface area contributed by atoms with Crippen molar-refractivity contribution in [2.45, 2.75) is 142 Å². The first-order chi connectivity index (χ1) is 28.6. The third-order valence-electron chi connectivity index (χ3n) is 12.2. The number of esters is 1. The van der Waals surface area contributed by atoms with Gasteiger partial charge in [0.15, 0.2) is 17.7 Å². The number of nitrogen functional groups attached to an aromatic ring is 1. The van der Waals surface area contributed by atoms with Crippen LogP contribution in [0.4, 0.5) is 15.0 Å². The minimum atomic E-state index is -3.22. The van der Waals surface area contributed by atoms with Gasteiger partial charge in [-0.15, -0.1) is 5.10 Å². The van der Waals surface area contributed by atoms with Gasteiger partial charge in [0.25, 0.3) is 5.67 Å². The van der Waals surface area contributed by atoms with Gasteiger partial charge >= 0.3 is 12.1 Å². The normalized spacial score (nSPS) is 31.7. The molecule has 0 aliphatic carbocycles. The number of alkyl halides is 1. The van der Waals surface area contributed by atoms with Gasteiger partial charge in [-0.05, 0) is 73.2 Å². The standard InChI is InChI=1S/C43H64FN7O10/c1-13-30(49(10)11)34(53)38(58-15-3)60-37-27(6)36(54)42(8,44)39(55)59-31(14-2)43(9)35(26(5)33(52)25(4)23-41(37,7)57-12)51(40(56)61-43)22-17-16-21-50-24-29(47-48-50)28-19-18-20-32(45)46-28/h18-20,24-27,30-31,34-35,37-38,53H,13-15,21-23H2,1-12H3,(H2,45,46)/t25-,26+,27+,30?,31-,34?,35-,37-,38+,41-,42+,43-/m1/s1. The molecule has 4 heterocycles. The molecule has 18 heteroatoms. The molecule has 0 radical (unpaired) electrons. The summed E-state index contributed by atoms with van der Waals surface area (Å²) in [6.45, 7) is 14.0. The minimum Gasteiger partial charge on any atom is -0.455 e. The van der Waals surface area contributed by atoms with Crippen LogP contribution in [0.25, 0.3) is 11.4 Å². The second-order valence-corrected chi connectivity index (χ2v) is 16.8.